The number of aliphatic carboxylic acids is 1. The summed E-state index contributed by atoms with van der Waals surface area (Å²) in [6.07, 6.45) is 6.27. The van der Waals surface area contributed by atoms with E-state index in [2.05, 4.69) is 19.2 Å². The molecule has 0 aromatic heterocycles. The second kappa shape index (κ2) is 9.31. The molecule has 0 aliphatic rings. The van der Waals surface area contributed by atoms with Crippen LogP contribution < -0.4 is 5.32 Å². The normalized spacial score (nSPS) is 15.2. The average Bonchev–Trinajstić information content (AvgIpc) is 2.33. The predicted octanol–water partition coefficient (Wildman–Crippen LogP) is 1.73. The number of amides is 1. The maximum absolute atomic E-state index is 11.6. The molecule has 0 radical (unpaired) electrons. The van der Waals surface area contributed by atoms with Crippen molar-refractivity contribution in [2.75, 3.05) is 0 Å². The van der Waals surface area contributed by atoms with Gasteiger partial charge in [-0.1, -0.05) is 45.9 Å². The fourth-order valence-corrected chi connectivity index (χ4v) is 1.45. The topological polar surface area (TPSA) is 86.6 Å². The minimum absolute atomic E-state index is 0.258. The number of carboxylic acids is 1. The molecule has 3 N–H and O–H groups in total. The number of carbonyl (C=O) groups excluding carboxylic acids is 1. The van der Waals surface area contributed by atoms with Crippen LogP contribution in [0.5, 0.6) is 0 Å². The molecule has 0 aliphatic heterocycles. The lowest BCUT2D eigenvalue weighted by atomic mass is 10.00. The first-order valence-electron chi connectivity index (χ1n) is 6.80. The highest BCUT2D eigenvalue weighted by atomic mass is 16.4. The van der Waals surface area contributed by atoms with Gasteiger partial charge >= 0.3 is 5.97 Å². The number of hydrogen-bond acceptors (Lipinski definition) is 3. The highest BCUT2D eigenvalue weighted by Crippen LogP contribution is 2.07. The molecule has 114 valence electrons. The summed E-state index contributed by atoms with van der Waals surface area (Å²) in [6, 6.07) is -1.30. The average molecular weight is 283 g/mol. The largest absolute Gasteiger partial charge is 0.480 e. The minimum atomic E-state index is -1.30. The Balaban J connectivity index is 4.44. The van der Waals surface area contributed by atoms with Gasteiger partial charge in [0.25, 0.3) is 0 Å². The lowest BCUT2D eigenvalue weighted by Crippen LogP contribution is -2.50. The number of hydrogen-bond donors (Lipinski definition) is 3. The molecule has 0 spiro atoms. The van der Waals surface area contributed by atoms with Crippen LogP contribution in [0.3, 0.4) is 0 Å². The third kappa shape index (κ3) is 7.74. The molecule has 0 fully saturated rings. The number of aliphatic hydroxyl groups is 1. The number of allylic oxidation sites excluding steroid dienone is 3. The van der Waals surface area contributed by atoms with Gasteiger partial charge in [-0.2, -0.15) is 0 Å². The van der Waals surface area contributed by atoms with E-state index in [1.807, 2.05) is 6.08 Å². The molecule has 2 atom stereocenters. The van der Waals surface area contributed by atoms with Crippen molar-refractivity contribution < 1.29 is 19.8 Å². The van der Waals surface area contributed by atoms with E-state index in [4.69, 9.17) is 5.11 Å². The first-order valence-corrected chi connectivity index (χ1v) is 6.80. The number of carboxylic acid groups (broad SMARTS) is 1. The van der Waals surface area contributed by atoms with Crippen molar-refractivity contribution >= 4 is 11.9 Å². The summed E-state index contributed by atoms with van der Waals surface area (Å²) < 4.78 is 0. The molecular formula is C15H25NO4. The zero-order valence-corrected chi connectivity index (χ0v) is 12.5. The van der Waals surface area contributed by atoms with Crippen LogP contribution in [0.2, 0.25) is 0 Å². The van der Waals surface area contributed by atoms with Gasteiger partial charge in [-0.25, -0.2) is 4.79 Å². The Morgan fingerprint density at radius 1 is 1.15 bits per heavy atom. The molecule has 0 rings (SSSR count). The minimum Gasteiger partial charge on any atom is -0.480 e. The van der Waals surface area contributed by atoms with Crippen LogP contribution in [-0.2, 0) is 9.59 Å². The van der Waals surface area contributed by atoms with Crippen LogP contribution in [0.15, 0.2) is 24.3 Å². The summed E-state index contributed by atoms with van der Waals surface area (Å²) in [6.45, 7) is 7.56. The van der Waals surface area contributed by atoms with E-state index < -0.39 is 24.0 Å². The molecule has 0 heterocycles. The van der Waals surface area contributed by atoms with Gasteiger partial charge in [-0.3, -0.25) is 4.79 Å². The van der Waals surface area contributed by atoms with Crippen LogP contribution in [0, 0.1) is 11.8 Å². The van der Waals surface area contributed by atoms with E-state index in [9.17, 15) is 14.7 Å². The van der Waals surface area contributed by atoms with Gasteiger partial charge in [0.15, 0.2) is 6.04 Å². The van der Waals surface area contributed by atoms with Gasteiger partial charge in [0.1, 0.15) is 0 Å². The maximum atomic E-state index is 11.6. The van der Waals surface area contributed by atoms with Crippen molar-refractivity contribution in [3.63, 3.8) is 0 Å². The molecule has 0 saturated heterocycles. The molecule has 0 bridgehead atoms. The third-order valence-corrected chi connectivity index (χ3v) is 2.69. The predicted molar refractivity (Wildman–Crippen MR) is 78.1 cm³/mol. The monoisotopic (exact) mass is 283 g/mol. The van der Waals surface area contributed by atoms with Gasteiger partial charge < -0.3 is 15.5 Å². The Hall–Kier alpha value is -1.62. The van der Waals surface area contributed by atoms with Crippen molar-refractivity contribution in [3.05, 3.63) is 24.3 Å². The van der Waals surface area contributed by atoms with Crippen LogP contribution >= 0.6 is 0 Å². The summed E-state index contributed by atoms with van der Waals surface area (Å²) in [4.78, 5) is 22.6. The van der Waals surface area contributed by atoms with E-state index in [0.717, 1.165) is 6.42 Å². The first-order chi connectivity index (χ1) is 9.25. The summed E-state index contributed by atoms with van der Waals surface area (Å²) in [5.41, 5.74) is 0. The Kier molecular flexibility index (Phi) is 8.56. The number of carbonyl (C=O) groups is 2. The molecule has 1 amide bonds. The zero-order chi connectivity index (χ0) is 15.7. The second-order valence-corrected chi connectivity index (χ2v) is 5.48. The number of nitrogens with one attached hydrogen (secondary N) is 1. The molecule has 20 heavy (non-hydrogen) atoms. The fraction of sp³-hybridized carbons (Fsp3) is 0.600. The SMILES string of the molecule is CC(C)C/C=C/C=C/C(=O)N[C@H](C(=O)O)[C@H](O)C(C)C. The molecule has 0 unspecified atom stereocenters. The summed E-state index contributed by atoms with van der Waals surface area (Å²) in [7, 11) is 0. The molecule has 0 aliphatic carbocycles. The van der Waals surface area contributed by atoms with E-state index in [-0.39, 0.29) is 5.92 Å². The Morgan fingerprint density at radius 3 is 2.20 bits per heavy atom. The molecular weight excluding hydrogens is 258 g/mol. The third-order valence-electron chi connectivity index (χ3n) is 2.69. The van der Waals surface area contributed by atoms with Crippen molar-refractivity contribution in [2.24, 2.45) is 11.8 Å². The van der Waals surface area contributed by atoms with E-state index in [1.54, 1.807) is 26.0 Å². The Bertz CT molecular complexity index is 372. The lowest BCUT2D eigenvalue weighted by molar-refractivity contribution is -0.145. The standard InChI is InChI=1S/C15H25NO4/c1-10(2)8-6-5-7-9-12(17)16-13(15(19)20)14(18)11(3)4/h5-7,9-11,13-14,18H,8H2,1-4H3,(H,16,17)(H,19,20)/b6-5+,9-7+/t13-,14+/m0/s1. The van der Waals surface area contributed by atoms with Crippen molar-refractivity contribution in [1.82, 2.24) is 5.32 Å². The zero-order valence-electron chi connectivity index (χ0n) is 12.5. The Morgan fingerprint density at radius 2 is 1.75 bits per heavy atom. The van der Waals surface area contributed by atoms with Crippen LogP contribution in [0.25, 0.3) is 0 Å². The molecule has 5 nitrogen and oxygen atoms in total. The van der Waals surface area contributed by atoms with Gasteiger partial charge in [0, 0.05) is 6.08 Å². The summed E-state index contributed by atoms with van der Waals surface area (Å²) in [5.74, 6) is -1.49. The molecule has 0 aromatic rings. The number of aliphatic hydroxyl groups excluding tert-OH is 1. The molecule has 0 saturated carbocycles. The van der Waals surface area contributed by atoms with Crippen LogP contribution in [-0.4, -0.2) is 34.2 Å². The smallest absolute Gasteiger partial charge is 0.328 e. The van der Waals surface area contributed by atoms with Crippen LogP contribution in [0.4, 0.5) is 0 Å². The Labute approximate surface area is 120 Å². The summed E-state index contributed by atoms with van der Waals surface area (Å²) in [5, 5.41) is 21.0. The highest BCUT2D eigenvalue weighted by molar-refractivity contribution is 5.91. The number of rotatable bonds is 8. The molecule has 5 heteroatoms. The quantitative estimate of drug-likeness (QED) is 0.468. The highest BCUT2D eigenvalue weighted by Gasteiger charge is 2.29. The van der Waals surface area contributed by atoms with Crippen molar-refractivity contribution in [2.45, 2.75) is 46.3 Å². The lowest BCUT2D eigenvalue weighted by Gasteiger charge is -2.22. The van der Waals surface area contributed by atoms with Gasteiger partial charge in [-0.15, -0.1) is 0 Å². The fourth-order valence-electron chi connectivity index (χ4n) is 1.45. The van der Waals surface area contributed by atoms with Gasteiger partial charge in [-0.05, 0) is 18.3 Å². The summed E-state index contributed by atoms with van der Waals surface area (Å²) >= 11 is 0. The molecule has 0 aromatic carbocycles. The van der Waals surface area contributed by atoms with Crippen LogP contribution in [0.1, 0.15) is 34.1 Å². The van der Waals surface area contributed by atoms with Crippen molar-refractivity contribution in [3.8, 4) is 0 Å². The van der Waals surface area contributed by atoms with Gasteiger partial charge in [0.2, 0.25) is 5.91 Å². The van der Waals surface area contributed by atoms with E-state index >= 15 is 0 Å². The second-order valence-electron chi connectivity index (χ2n) is 5.48. The van der Waals surface area contributed by atoms with E-state index in [0.29, 0.717) is 5.92 Å². The van der Waals surface area contributed by atoms with Crippen molar-refractivity contribution in [1.29, 1.82) is 0 Å². The maximum Gasteiger partial charge on any atom is 0.328 e. The van der Waals surface area contributed by atoms with Gasteiger partial charge in [0.05, 0.1) is 6.10 Å². The first kappa shape index (κ1) is 18.4. The van der Waals surface area contributed by atoms with E-state index in [1.165, 1.54) is 6.08 Å².